The predicted octanol–water partition coefficient (Wildman–Crippen LogP) is 7.21. The van der Waals surface area contributed by atoms with Crippen LogP contribution in [0.2, 0.25) is 0 Å². The van der Waals surface area contributed by atoms with Gasteiger partial charge in [0.25, 0.3) is 0 Å². The molecule has 1 aliphatic carbocycles. The van der Waals surface area contributed by atoms with E-state index in [1.165, 1.54) is 42.4 Å². The highest BCUT2D eigenvalue weighted by molar-refractivity contribution is 7.21. The van der Waals surface area contributed by atoms with Crippen LogP contribution in [0.5, 0.6) is 0 Å². The molecule has 29 heavy (non-hydrogen) atoms. The van der Waals surface area contributed by atoms with Gasteiger partial charge in [-0.3, -0.25) is 4.79 Å². The third-order valence-electron chi connectivity index (χ3n) is 6.13. The van der Waals surface area contributed by atoms with Gasteiger partial charge in [-0.2, -0.15) is 0 Å². The van der Waals surface area contributed by atoms with Gasteiger partial charge in [0.1, 0.15) is 5.01 Å². The number of benzene rings is 2. The summed E-state index contributed by atoms with van der Waals surface area (Å²) in [5.41, 5.74) is 4.27. The van der Waals surface area contributed by atoms with Gasteiger partial charge in [0.2, 0.25) is 5.91 Å². The first kappa shape index (κ1) is 20.1. The zero-order valence-electron chi connectivity index (χ0n) is 17.4. The quantitative estimate of drug-likeness (QED) is 0.470. The molecule has 0 unspecified atom stereocenters. The lowest BCUT2D eigenvalue weighted by molar-refractivity contribution is -0.121. The molecular formula is C25H30N2OS. The van der Waals surface area contributed by atoms with Gasteiger partial charge in [0.15, 0.2) is 0 Å². The normalized spacial score (nSPS) is 19.4. The van der Waals surface area contributed by atoms with Crippen molar-refractivity contribution < 1.29 is 4.79 Å². The smallest absolute Gasteiger partial charge is 0.227 e. The second-order valence-corrected chi connectivity index (χ2v) is 9.45. The Balaban J connectivity index is 1.36. The number of fused-ring (bicyclic) bond motifs is 1. The lowest BCUT2D eigenvalue weighted by Crippen LogP contribution is -2.27. The summed E-state index contributed by atoms with van der Waals surface area (Å²) >= 11 is 1.71. The number of hydrogen-bond acceptors (Lipinski definition) is 3. The van der Waals surface area contributed by atoms with Crippen LogP contribution in [-0.4, -0.2) is 10.9 Å². The maximum Gasteiger partial charge on any atom is 0.227 e. The van der Waals surface area contributed by atoms with Gasteiger partial charge in [-0.05, 0) is 80.5 Å². The molecular weight excluding hydrogens is 376 g/mol. The first-order valence-corrected chi connectivity index (χ1v) is 11.7. The molecule has 0 atom stereocenters. The molecule has 1 fully saturated rings. The summed E-state index contributed by atoms with van der Waals surface area (Å²) < 4.78 is 1.21. The van der Waals surface area contributed by atoms with Crippen LogP contribution in [0.3, 0.4) is 0 Å². The summed E-state index contributed by atoms with van der Waals surface area (Å²) in [7, 11) is 0. The second kappa shape index (κ2) is 9.08. The van der Waals surface area contributed by atoms with Gasteiger partial charge in [-0.15, -0.1) is 11.3 Å². The highest BCUT2D eigenvalue weighted by atomic mass is 32.1. The molecule has 0 saturated heterocycles. The Hall–Kier alpha value is -2.20. The largest absolute Gasteiger partial charge is 0.326 e. The van der Waals surface area contributed by atoms with Crippen LogP contribution in [0.15, 0.2) is 42.5 Å². The molecule has 1 heterocycles. The summed E-state index contributed by atoms with van der Waals surface area (Å²) in [6, 6.07) is 14.5. The minimum atomic E-state index is 0.167. The predicted molar refractivity (Wildman–Crippen MR) is 123 cm³/mol. The van der Waals surface area contributed by atoms with E-state index in [1.54, 1.807) is 11.3 Å². The molecule has 1 amide bonds. The fourth-order valence-corrected chi connectivity index (χ4v) is 5.37. The van der Waals surface area contributed by atoms with Gasteiger partial charge in [-0.1, -0.05) is 32.3 Å². The molecule has 0 bridgehead atoms. The zero-order valence-corrected chi connectivity index (χ0v) is 18.2. The highest BCUT2D eigenvalue weighted by Crippen LogP contribution is 2.33. The topological polar surface area (TPSA) is 42.0 Å². The van der Waals surface area contributed by atoms with Crippen molar-refractivity contribution in [2.75, 3.05) is 5.32 Å². The summed E-state index contributed by atoms with van der Waals surface area (Å²) in [4.78, 5) is 17.4. The van der Waals surface area contributed by atoms with Crippen molar-refractivity contribution in [3.8, 4) is 10.6 Å². The molecule has 3 aromatic rings. The number of amides is 1. The molecule has 152 valence electrons. The summed E-state index contributed by atoms with van der Waals surface area (Å²) in [5.74, 6) is 1.18. The number of anilines is 1. The van der Waals surface area contributed by atoms with Crippen molar-refractivity contribution in [2.45, 2.75) is 58.8 Å². The maximum absolute atomic E-state index is 12.7. The number of carbonyl (C=O) groups is 1. The number of nitrogens with zero attached hydrogens (tertiary/aromatic N) is 1. The molecule has 1 saturated carbocycles. The molecule has 4 heteroatoms. The zero-order chi connectivity index (χ0) is 20.2. The van der Waals surface area contributed by atoms with E-state index in [1.807, 2.05) is 12.1 Å². The molecule has 3 nitrogen and oxygen atoms in total. The van der Waals surface area contributed by atoms with Gasteiger partial charge in [-0.25, -0.2) is 4.98 Å². The molecule has 0 aliphatic heterocycles. The molecule has 0 radical (unpaired) electrons. The third kappa shape index (κ3) is 4.87. The fourth-order valence-electron chi connectivity index (χ4n) is 4.30. The standard InChI is InChI=1S/C25H30N2OS/c1-3-4-5-18-7-9-19(10-8-18)24(28)26-21-13-11-20(12-14-21)25-27-22-15-6-17(2)16-23(22)29-25/h6,11-16,18-19H,3-5,7-10H2,1-2H3,(H,26,28). The van der Waals surface area contributed by atoms with Gasteiger partial charge in [0, 0.05) is 17.2 Å². The molecule has 0 spiro atoms. The Morgan fingerprint density at radius 1 is 1.10 bits per heavy atom. The van der Waals surface area contributed by atoms with Crippen molar-refractivity contribution in [1.82, 2.24) is 4.98 Å². The average Bonchev–Trinajstić information content (AvgIpc) is 3.16. The second-order valence-electron chi connectivity index (χ2n) is 8.42. The minimum absolute atomic E-state index is 0.167. The van der Waals surface area contributed by atoms with Gasteiger partial charge < -0.3 is 5.32 Å². The van der Waals surface area contributed by atoms with Crippen LogP contribution in [0, 0.1) is 18.8 Å². The van der Waals surface area contributed by atoms with E-state index in [4.69, 9.17) is 4.98 Å². The molecule has 1 aliphatic rings. The minimum Gasteiger partial charge on any atom is -0.326 e. The Labute approximate surface area is 177 Å². The van der Waals surface area contributed by atoms with Crippen molar-refractivity contribution in [3.63, 3.8) is 0 Å². The number of hydrogen-bond donors (Lipinski definition) is 1. The SMILES string of the molecule is CCCCC1CCC(C(=O)Nc2ccc(-c3nc4ccc(C)cc4s3)cc2)CC1. The average molecular weight is 407 g/mol. The Morgan fingerprint density at radius 3 is 2.59 bits per heavy atom. The Kier molecular flexibility index (Phi) is 6.29. The number of thiazole rings is 1. The van der Waals surface area contributed by atoms with Crippen molar-refractivity contribution in [2.24, 2.45) is 11.8 Å². The number of unbranched alkanes of at least 4 members (excludes halogenated alkanes) is 1. The van der Waals surface area contributed by atoms with E-state index in [-0.39, 0.29) is 11.8 Å². The van der Waals surface area contributed by atoms with Crippen LogP contribution in [-0.2, 0) is 4.79 Å². The van der Waals surface area contributed by atoms with Crippen LogP contribution >= 0.6 is 11.3 Å². The van der Waals surface area contributed by atoms with Crippen LogP contribution < -0.4 is 5.32 Å². The fraction of sp³-hybridized carbons (Fsp3) is 0.440. The number of aromatic nitrogens is 1. The van der Waals surface area contributed by atoms with E-state index in [9.17, 15) is 4.79 Å². The van der Waals surface area contributed by atoms with Crippen LogP contribution in [0.25, 0.3) is 20.8 Å². The van der Waals surface area contributed by atoms with E-state index in [0.29, 0.717) is 0 Å². The van der Waals surface area contributed by atoms with E-state index in [0.717, 1.165) is 40.5 Å². The third-order valence-corrected chi connectivity index (χ3v) is 7.19. The van der Waals surface area contributed by atoms with Gasteiger partial charge >= 0.3 is 0 Å². The Bertz CT molecular complexity index is 968. The van der Waals surface area contributed by atoms with E-state index < -0.39 is 0 Å². The van der Waals surface area contributed by atoms with Crippen LogP contribution in [0.4, 0.5) is 5.69 Å². The summed E-state index contributed by atoms with van der Waals surface area (Å²) in [6.07, 6.45) is 8.39. The first-order chi connectivity index (χ1) is 14.1. The lowest BCUT2D eigenvalue weighted by atomic mass is 9.79. The summed E-state index contributed by atoms with van der Waals surface area (Å²) in [5, 5.41) is 4.15. The van der Waals surface area contributed by atoms with Gasteiger partial charge in [0.05, 0.1) is 10.2 Å². The number of nitrogens with one attached hydrogen (secondary N) is 1. The lowest BCUT2D eigenvalue weighted by Gasteiger charge is -2.27. The highest BCUT2D eigenvalue weighted by Gasteiger charge is 2.26. The summed E-state index contributed by atoms with van der Waals surface area (Å²) in [6.45, 7) is 4.36. The van der Waals surface area contributed by atoms with E-state index >= 15 is 0 Å². The van der Waals surface area contributed by atoms with E-state index in [2.05, 4.69) is 49.5 Å². The first-order valence-electron chi connectivity index (χ1n) is 10.9. The van der Waals surface area contributed by atoms with Crippen molar-refractivity contribution >= 4 is 33.1 Å². The number of carbonyl (C=O) groups excluding carboxylic acids is 1. The molecule has 4 rings (SSSR count). The van der Waals surface area contributed by atoms with Crippen LogP contribution in [0.1, 0.15) is 57.4 Å². The molecule has 1 N–H and O–H groups in total. The number of aryl methyl sites for hydroxylation is 1. The Morgan fingerprint density at radius 2 is 1.86 bits per heavy atom. The molecule has 2 aromatic carbocycles. The van der Waals surface area contributed by atoms with Crippen molar-refractivity contribution in [3.05, 3.63) is 48.0 Å². The monoisotopic (exact) mass is 406 g/mol. The molecule has 1 aromatic heterocycles. The number of rotatable bonds is 6. The van der Waals surface area contributed by atoms with Crippen molar-refractivity contribution in [1.29, 1.82) is 0 Å². The maximum atomic E-state index is 12.7.